The smallest absolute Gasteiger partial charge is 0.319 e. The number of halogens is 1. The zero-order valence-electron chi connectivity index (χ0n) is 6.94. The maximum Gasteiger partial charge on any atom is 0.319 e. The van der Waals surface area contributed by atoms with Crippen molar-refractivity contribution in [3.8, 4) is 6.01 Å². The van der Waals surface area contributed by atoms with Crippen LogP contribution in [0.2, 0.25) is 0 Å². The quantitative estimate of drug-likeness (QED) is 0.651. The van der Waals surface area contributed by atoms with E-state index >= 15 is 0 Å². The molecular formula is C8H9FN2O2. The lowest BCUT2D eigenvalue weighted by Gasteiger charge is -2.25. The Bertz CT molecular complexity index is 291. The fraction of sp³-hybridized carbons (Fsp3) is 0.500. The van der Waals surface area contributed by atoms with Crippen LogP contribution in [0.15, 0.2) is 12.3 Å². The predicted molar refractivity (Wildman–Crippen MR) is 41.8 cm³/mol. The number of aromatic nitrogens is 2. The Morgan fingerprint density at radius 3 is 3.15 bits per heavy atom. The zero-order chi connectivity index (χ0) is 9.10. The van der Waals surface area contributed by atoms with Crippen molar-refractivity contribution in [3.63, 3.8) is 0 Å². The van der Waals surface area contributed by atoms with E-state index in [0.29, 0.717) is 6.61 Å². The summed E-state index contributed by atoms with van der Waals surface area (Å²) in [6, 6.07) is 1.24. The molecule has 1 fully saturated rings. The Balaban J connectivity index is 1.86. The van der Waals surface area contributed by atoms with Gasteiger partial charge >= 0.3 is 6.01 Å². The van der Waals surface area contributed by atoms with E-state index < -0.39 is 5.95 Å². The highest BCUT2D eigenvalue weighted by Crippen LogP contribution is 2.12. The van der Waals surface area contributed by atoms with Gasteiger partial charge in [0, 0.05) is 25.3 Å². The summed E-state index contributed by atoms with van der Waals surface area (Å²) in [5.74, 6) is -0.584. The Morgan fingerprint density at radius 2 is 2.54 bits per heavy atom. The Labute approximate surface area is 74.7 Å². The third-order valence-corrected chi connectivity index (χ3v) is 1.79. The molecule has 0 radical (unpaired) electrons. The molecule has 1 saturated heterocycles. The first-order chi connectivity index (χ1) is 6.34. The number of hydrogen-bond donors (Lipinski definition) is 0. The van der Waals surface area contributed by atoms with Crippen LogP contribution >= 0.6 is 0 Å². The van der Waals surface area contributed by atoms with Crippen LogP contribution in [0.5, 0.6) is 6.01 Å². The third-order valence-electron chi connectivity index (χ3n) is 1.79. The first-order valence-corrected chi connectivity index (χ1v) is 4.07. The van der Waals surface area contributed by atoms with Crippen LogP contribution in [-0.2, 0) is 4.74 Å². The molecule has 0 saturated carbocycles. The molecule has 1 aromatic heterocycles. The Morgan fingerprint density at radius 1 is 1.69 bits per heavy atom. The van der Waals surface area contributed by atoms with E-state index in [4.69, 9.17) is 9.47 Å². The van der Waals surface area contributed by atoms with Gasteiger partial charge in [0.05, 0.1) is 6.10 Å². The minimum Gasteiger partial charge on any atom is -0.461 e. The highest BCUT2D eigenvalue weighted by molar-refractivity contribution is 4.95. The molecule has 1 aliphatic heterocycles. The number of hydrogen-bond acceptors (Lipinski definition) is 4. The monoisotopic (exact) mass is 184 g/mol. The summed E-state index contributed by atoms with van der Waals surface area (Å²) < 4.78 is 22.7. The van der Waals surface area contributed by atoms with Crippen molar-refractivity contribution in [1.29, 1.82) is 0 Å². The van der Waals surface area contributed by atoms with Gasteiger partial charge in [0.1, 0.15) is 6.61 Å². The lowest BCUT2D eigenvalue weighted by molar-refractivity contribution is -0.0735. The minimum atomic E-state index is -0.584. The SMILES string of the molecule is Fc1ccnc(OCC2CCO2)n1. The average Bonchev–Trinajstić information content (AvgIpc) is 2.01. The van der Waals surface area contributed by atoms with Crippen molar-refractivity contribution in [2.24, 2.45) is 0 Å². The second-order valence-electron chi connectivity index (χ2n) is 2.75. The van der Waals surface area contributed by atoms with Crippen molar-refractivity contribution in [2.45, 2.75) is 12.5 Å². The summed E-state index contributed by atoms with van der Waals surface area (Å²) in [6.07, 6.45) is 2.42. The van der Waals surface area contributed by atoms with Gasteiger partial charge in [-0.05, 0) is 0 Å². The highest BCUT2D eigenvalue weighted by Gasteiger charge is 2.19. The van der Waals surface area contributed by atoms with E-state index in [0.717, 1.165) is 13.0 Å². The zero-order valence-corrected chi connectivity index (χ0v) is 6.94. The molecule has 1 atom stereocenters. The number of rotatable bonds is 3. The fourth-order valence-corrected chi connectivity index (χ4v) is 0.973. The van der Waals surface area contributed by atoms with E-state index in [1.807, 2.05) is 0 Å². The van der Waals surface area contributed by atoms with Crippen LogP contribution in [-0.4, -0.2) is 29.3 Å². The van der Waals surface area contributed by atoms with Crippen molar-refractivity contribution in [1.82, 2.24) is 9.97 Å². The molecule has 4 nitrogen and oxygen atoms in total. The van der Waals surface area contributed by atoms with Crippen LogP contribution in [0.1, 0.15) is 6.42 Å². The van der Waals surface area contributed by atoms with Crippen LogP contribution < -0.4 is 4.74 Å². The van der Waals surface area contributed by atoms with Crippen LogP contribution in [0.4, 0.5) is 4.39 Å². The first-order valence-electron chi connectivity index (χ1n) is 4.07. The summed E-state index contributed by atoms with van der Waals surface area (Å²) in [4.78, 5) is 7.19. The molecule has 0 N–H and O–H groups in total. The first kappa shape index (κ1) is 8.37. The van der Waals surface area contributed by atoms with Gasteiger partial charge in [0.2, 0.25) is 5.95 Å². The molecule has 0 aromatic carbocycles. The normalized spacial score (nSPS) is 20.8. The lowest BCUT2D eigenvalue weighted by Crippen LogP contribution is -2.32. The predicted octanol–water partition coefficient (Wildman–Crippen LogP) is 0.783. The number of ether oxygens (including phenoxy) is 2. The topological polar surface area (TPSA) is 44.2 Å². The van der Waals surface area contributed by atoms with Gasteiger partial charge in [-0.15, -0.1) is 0 Å². The standard InChI is InChI=1S/C8H9FN2O2/c9-7-1-3-10-8(11-7)13-5-6-2-4-12-6/h1,3,6H,2,4-5H2. The molecule has 1 aliphatic rings. The average molecular weight is 184 g/mol. The molecule has 1 aromatic rings. The molecular weight excluding hydrogens is 175 g/mol. The summed E-state index contributed by atoms with van der Waals surface area (Å²) >= 11 is 0. The largest absolute Gasteiger partial charge is 0.461 e. The van der Waals surface area contributed by atoms with Gasteiger partial charge in [-0.2, -0.15) is 9.37 Å². The van der Waals surface area contributed by atoms with E-state index in [9.17, 15) is 4.39 Å². The summed E-state index contributed by atoms with van der Waals surface area (Å²) in [5, 5.41) is 0. The van der Waals surface area contributed by atoms with Gasteiger partial charge in [0.15, 0.2) is 0 Å². The van der Waals surface area contributed by atoms with Gasteiger partial charge in [-0.3, -0.25) is 0 Å². The van der Waals surface area contributed by atoms with Gasteiger partial charge in [-0.1, -0.05) is 0 Å². The van der Waals surface area contributed by atoms with Crippen molar-refractivity contribution in [3.05, 3.63) is 18.2 Å². The molecule has 5 heteroatoms. The van der Waals surface area contributed by atoms with E-state index in [-0.39, 0.29) is 12.1 Å². The summed E-state index contributed by atoms with van der Waals surface area (Å²) in [5.41, 5.74) is 0. The number of nitrogens with zero attached hydrogens (tertiary/aromatic N) is 2. The minimum absolute atomic E-state index is 0.0653. The molecule has 13 heavy (non-hydrogen) atoms. The third kappa shape index (κ3) is 2.12. The van der Waals surface area contributed by atoms with Crippen molar-refractivity contribution >= 4 is 0 Å². The van der Waals surface area contributed by atoms with Crippen molar-refractivity contribution in [2.75, 3.05) is 13.2 Å². The molecule has 2 heterocycles. The second kappa shape index (κ2) is 3.66. The molecule has 2 rings (SSSR count). The van der Waals surface area contributed by atoms with Crippen LogP contribution in [0.3, 0.4) is 0 Å². The molecule has 0 amide bonds. The highest BCUT2D eigenvalue weighted by atomic mass is 19.1. The van der Waals surface area contributed by atoms with E-state index in [1.54, 1.807) is 0 Å². The lowest BCUT2D eigenvalue weighted by atomic mass is 10.2. The Kier molecular flexibility index (Phi) is 2.35. The molecule has 70 valence electrons. The summed E-state index contributed by atoms with van der Waals surface area (Å²) in [6.45, 7) is 1.17. The maximum absolute atomic E-state index is 12.5. The van der Waals surface area contributed by atoms with Crippen LogP contribution in [0.25, 0.3) is 0 Å². The van der Waals surface area contributed by atoms with E-state index in [2.05, 4.69) is 9.97 Å². The van der Waals surface area contributed by atoms with Gasteiger partial charge in [-0.25, -0.2) is 4.98 Å². The van der Waals surface area contributed by atoms with Gasteiger partial charge in [0.25, 0.3) is 0 Å². The van der Waals surface area contributed by atoms with Crippen molar-refractivity contribution < 1.29 is 13.9 Å². The molecule has 0 aliphatic carbocycles. The van der Waals surface area contributed by atoms with Crippen LogP contribution in [0, 0.1) is 5.95 Å². The molecule has 1 unspecified atom stereocenters. The van der Waals surface area contributed by atoms with E-state index in [1.165, 1.54) is 12.3 Å². The molecule has 0 bridgehead atoms. The van der Waals surface area contributed by atoms with Gasteiger partial charge < -0.3 is 9.47 Å². The Hall–Kier alpha value is -1.23. The maximum atomic E-state index is 12.5. The second-order valence-corrected chi connectivity index (χ2v) is 2.75. The molecule has 0 spiro atoms. The fourth-order valence-electron chi connectivity index (χ4n) is 0.973. The summed E-state index contributed by atoms with van der Waals surface area (Å²) in [7, 11) is 0.